The summed E-state index contributed by atoms with van der Waals surface area (Å²) in [6.07, 6.45) is 0. The molecule has 3 aromatic rings. The van der Waals surface area contributed by atoms with Gasteiger partial charge in [-0.2, -0.15) is 0 Å². The normalized spacial score (nSPS) is 16.5. The lowest BCUT2D eigenvalue weighted by molar-refractivity contribution is 0.103. The Bertz CT molecular complexity index is 1020. The number of nitrogens with one attached hydrogen (secondary N) is 1. The SMILES string of the molecule is Cc1sc(NC(=O)c2cccs2)c([C@H](c2cccc(Cl)c2)N2CCN(C)CC2)c1C. The number of aryl methyl sites for hydroxylation is 1. The van der Waals surface area contributed by atoms with Gasteiger partial charge in [-0.25, -0.2) is 0 Å². The number of hydrogen-bond donors (Lipinski definition) is 1. The molecule has 2 aromatic heterocycles. The predicted octanol–water partition coefficient (Wildman–Crippen LogP) is 5.67. The van der Waals surface area contributed by atoms with Crippen LogP contribution in [0.1, 0.15) is 37.3 Å². The molecule has 0 spiro atoms. The van der Waals surface area contributed by atoms with Crippen LogP contribution in [-0.4, -0.2) is 48.9 Å². The molecular weight excluding hydrogens is 434 g/mol. The topological polar surface area (TPSA) is 35.6 Å². The predicted molar refractivity (Wildman–Crippen MR) is 128 cm³/mol. The molecule has 1 fully saturated rings. The maximum atomic E-state index is 12.8. The molecular formula is C23H26ClN3OS2. The summed E-state index contributed by atoms with van der Waals surface area (Å²) < 4.78 is 0. The highest BCUT2D eigenvalue weighted by Crippen LogP contribution is 2.43. The molecule has 1 saturated heterocycles. The van der Waals surface area contributed by atoms with Crippen molar-refractivity contribution >= 4 is 45.2 Å². The number of anilines is 1. The number of piperazine rings is 1. The van der Waals surface area contributed by atoms with E-state index in [9.17, 15) is 4.79 Å². The van der Waals surface area contributed by atoms with E-state index in [-0.39, 0.29) is 11.9 Å². The number of carbonyl (C=O) groups is 1. The maximum absolute atomic E-state index is 12.8. The first-order valence-electron chi connectivity index (χ1n) is 10.1. The number of rotatable bonds is 5. The Kier molecular flexibility index (Phi) is 6.60. The highest BCUT2D eigenvalue weighted by Gasteiger charge is 2.31. The molecule has 0 saturated carbocycles. The summed E-state index contributed by atoms with van der Waals surface area (Å²) in [4.78, 5) is 19.7. The minimum Gasteiger partial charge on any atom is -0.313 e. The number of halogens is 1. The first-order valence-corrected chi connectivity index (χ1v) is 12.1. The van der Waals surface area contributed by atoms with E-state index in [0.717, 1.165) is 41.1 Å². The van der Waals surface area contributed by atoms with Crippen molar-refractivity contribution in [3.63, 3.8) is 0 Å². The van der Waals surface area contributed by atoms with Gasteiger partial charge in [0.1, 0.15) is 5.00 Å². The Labute approximate surface area is 191 Å². The first kappa shape index (κ1) is 21.5. The van der Waals surface area contributed by atoms with Crippen LogP contribution in [-0.2, 0) is 0 Å². The van der Waals surface area contributed by atoms with Crippen LogP contribution in [0.2, 0.25) is 5.02 Å². The van der Waals surface area contributed by atoms with Gasteiger partial charge in [0.05, 0.1) is 10.9 Å². The fourth-order valence-electron chi connectivity index (χ4n) is 3.96. The number of likely N-dealkylation sites (N-methyl/N-ethyl adjacent to an activating group) is 1. The fraction of sp³-hybridized carbons (Fsp3) is 0.348. The van der Waals surface area contributed by atoms with Crippen molar-refractivity contribution in [3.05, 3.63) is 73.2 Å². The summed E-state index contributed by atoms with van der Waals surface area (Å²) >= 11 is 9.50. The van der Waals surface area contributed by atoms with Gasteiger partial charge >= 0.3 is 0 Å². The third kappa shape index (κ3) is 4.48. The maximum Gasteiger partial charge on any atom is 0.266 e. The number of thiophene rings is 2. The van der Waals surface area contributed by atoms with Gasteiger partial charge in [-0.1, -0.05) is 29.8 Å². The zero-order valence-corrected chi connectivity index (χ0v) is 19.8. The molecule has 4 nitrogen and oxygen atoms in total. The summed E-state index contributed by atoms with van der Waals surface area (Å²) in [5, 5.41) is 6.81. The van der Waals surface area contributed by atoms with Crippen molar-refractivity contribution in [2.24, 2.45) is 0 Å². The molecule has 7 heteroatoms. The van der Waals surface area contributed by atoms with E-state index < -0.39 is 0 Å². The fourth-order valence-corrected chi connectivity index (χ4v) is 5.86. The first-order chi connectivity index (χ1) is 14.4. The molecule has 0 aliphatic carbocycles. The molecule has 158 valence electrons. The van der Waals surface area contributed by atoms with E-state index in [0.29, 0.717) is 0 Å². The molecule has 1 aromatic carbocycles. The summed E-state index contributed by atoms with van der Waals surface area (Å²) in [6, 6.07) is 12.0. The van der Waals surface area contributed by atoms with E-state index in [1.54, 1.807) is 11.3 Å². The second kappa shape index (κ2) is 9.20. The summed E-state index contributed by atoms with van der Waals surface area (Å²) in [5.74, 6) is -0.0456. The van der Waals surface area contributed by atoms with E-state index in [1.165, 1.54) is 32.9 Å². The van der Waals surface area contributed by atoms with Gasteiger partial charge in [0.2, 0.25) is 0 Å². The van der Waals surface area contributed by atoms with Crippen LogP contribution in [0.4, 0.5) is 5.00 Å². The standard InChI is InChI=1S/C23H26ClN3OS2/c1-15-16(2)30-23(25-22(28)19-8-5-13-29-19)20(15)21(17-6-4-7-18(24)14-17)27-11-9-26(3)10-12-27/h4-8,13-14,21H,9-12H2,1-3H3,(H,25,28)/t21-/m0/s1. The van der Waals surface area contributed by atoms with Gasteiger partial charge in [0.25, 0.3) is 5.91 Å². The third-order valence-corrected chi connectivity index (χ3v) is 7.99. The van der Waals surface area contributed by atoms with Crippen LogP contribution in [0.25, 0.3) is 0 Å². The molecule has 0 bridgehead atoms. The van der Waals surface area contributed by atoms with E-state index in [1.807, 2.05) is 29.6 Å². The van der Waals surface area contributed by atoms with Gasteiger partial charge < -0.3 is 10.2 Å². The van der Waals surface area contributed by atoms with Crippen LogP contribution >= 0.6 is 34.3 Å². The number of amides is 1. The second-order valence-corrected chi connectivity index (χ2v) is 10.4. The number of benzene rings is 1. The van der Waals surface area contributed by atoms with Crippen LogP contribution in [0.5, 0.6) is 0 Å². The van der Waals surface area contributed by atoms with Gasteiger partial charge in [0, 0.05) is 41.6 Å². The van der Waals surface area contributed by atoms with Crippen molar-refractivity contribution < 1.29 is 4.79 Å². The Morgan fingerprint density at radius 2 is 1.90 bits per heavy atom. The molecule has 1 atom stereocenters. The highest BCUT2D eigenvalue weighted by molar-refractivity contribution is 7.17. The van der Waals surface area contributed by atoms with Gasteiger partial charge in [-0.15, -0.1) is 22.7 Å². The molecule has 0 radical (unpaired) electrons. The van der Waals surface area contributed by atoms with Gasteiger partial charge in [-0.3, -0.25) is 9.69 Å². The van der Waals surface area contributed by atoms with Crippen LogP contribution in [0, 0.1) is 13.8 Å². The lowest BCUT2D eigenvalue weighted by Crippen LogP contribution is -2.46. The Morgan fingerprint density at radius 1 is 1.13 bits per heavy atom. The van der Waals surface area contributed by atoms with Crippen LogP contribution in [0.15, 0.2) is 41.8 Å². The van der Waals surface area contributed by atoms with Crippen LogP contribution < -0.4 is 5.32 Å². The molecule has 1 N–H and O–H groups in total. The third-order valence-electron chi connectivity index (χ3n) is 5.74. The summed E-state index contributed by atoms with van der Waals surface area (Å²) in [7, 11) is 2.17. The lowest BCUT2D eigenvalue weighted by atomic mass is 9.94. The average Bonchev–Trinajstić information content (AvgIpc) is 3.35. The second-order valence-electron chi connectivity index (χ2n) is 7.75. The van der Waals surface area contributed by atoms with E-state index in [2.05, 4.69) is 48.1 Å². The lowest BCUT2D eigenvalue weighted by Gasteiger charge is -2.39. The Hall–Kier alpha value is -1.70. The Balaban J connectivity index is 1.77. The smallest absolute Gasteiger partial charge is 0.266 e. The van der Waals surface area contributed by atoms with Crippen LogP contribution in [0.3, 0.4) is 0 Å². The van der Waals surface area contributed by atoms with Crippen molar-refractivity contribution in [1.29, 1.82) is 0 Å². The number of carbonyl (C=O) groups excluding carboxylic acids is 1. The van der Waals surface area contributed by atoms with Crippen molar-refractivity contribution in [2.75, 3.05) is 38.5 Å². The van der Waals surface area contributed by atoms with Crippen molar-refractivity contribution in [2.45, 2.75) is 19.9 Å². The zero-order chi connectivity index (χ0) is 21.3. The monoisotopic (exact) mass is 459 g/mol. The van der Waals surface area contributed by atoms with E-state index >= 15 is 0 Å². The zero-order valence-electron chi connectivity index (χ0n) is 17.4. The summed E-state index contributed by atoms with van der Waals surface area (Å²) in [6.45, 7) is 8.28. The molecule has 0 unspecified atom stereocenters. The van der Waals surface area contributed by atoms with E-state index in [4.69, 9.17) is 11.6 Å². The quantitative estimate of drug-likeness (QED) is 0.534. The minimum atomic E-state index is -0.0456. The minimum absolute atomic E-state index is 0.0456. The number of hydrogen-bond acceptors (Lipinski definition) is 5. The van der Waals surface area contributed by atoms with Crippen molar-refractivity contribution in [1.82, 2.24) is 9.80 Å². The largest absolute Gasteiger partial charge is 0.313 e. The average molecular weight is 460 g/mol. The Morgan fingerprint density at radius 3 is 2.57 bits per heavy atom. The summed E-state index contributed by atoms with van der Waals surface area (Å²) in [5.41, 5.74) is 3.60. The molecule has 1 amide bonds. The van der Waals surface area contributed by atoms with Crippen molar-refractivity contribution in [3.8, 4) is 0 Å². The number of nitrogens with zero attached hydrogens (tertiary/aromatic N) is 2. The van der Waals surface area contributed by atoms with Gasteiger partial charge in [0.15, 0.2) is 0 Å². The molecule has 4 rings (SSSR count). The van der Waals surface area contributed by atoms with Gasteiger partial charge in [-0.05, 0) is 55.6 Å². The molecule has 1 aliphatic heterocycles. The highest BCUT2D eigenvalue weighted by atomic mass is 35.5. The molecule has 1 aliphatic rings. The molecule has 30 heavy (non-hydrogen) atoms. The molecule has 3 heterocycles.